The van der Waals surface area contributed by atoms with Crippen molar-refractivity contribution in [2.45, 2.75) is 57.9 Å². The van der Waals surface area contributed by atoms with Crippen LogP contribution in [0.15, 0.2) is 0 Å². The van der Waals surface area contributed by atoms with E-state index in [1.807, 2.05) is 4.90 Å². The monoisotopic (exact) mass is 295 g/mol. The molecule has 0 spiro atoms. The van der Waals surface area contributed by atoms with Crippen molar-refractivity contribution in [3.05, 3.63) is 0 Å². The van der Waals surface area contributed by atoms with Crippen LogP contribution in [0.25, 0.3) is 0 Å². The third-order valence-electron chi connectivity index (χ3n) is 4.94. The van der Waals surface area contributed by atoms with Gasteiger partial charge in [-0.15, -0.1) is 0 Å². The SMILES string of the molecule is CC(NC(=O)CC1CCC(CN)CC1)C(=O)N1CCCC1. The molecule has 0 aromatic heterocycles. The molecule has 2 fully saturated rings. The van der Waals surface area contributed by atoms with E-state index in [1.54, 1.807) is 6.92 Å². The minimum Gasteiger partial charge on any atom is -0.345 e. The van der Waals surface area contributed by atoms with Crippen LogP contribution in [0, 0.1) is 11.8 Å². The van der Waals surface area contributed by atoms with Gasteiger partial charge in [-0.3, -0.25) is 9.59 Å². The fraction of sp³-hybridized carbons (Fsp3) is 0.875. The van der Waals surface area contributed by atoms with Crippen LogP contribution in [0.3, 0.4) is 0 Å². The summed E-state index contributed by atoms with van der Waals surface area (Å²) in [6.07, 6.45) is 7.16. The zero-order chi connectivity index (χ0) is 15.2. The molecule has 1 heterocycles. The lowest BCUT2D eigenvalue weighted by atomic mass is 9.80. The summed E-state index contributed by atoms with van der Waals surface area (Å²) in [7, 11) is 0. The predicted molar refractivity (Wildman–Crippen MR) is 82.5 cm³/mol. The van der Waals surface area contributed by atoms with Gasteiger partial charge in [-0.05, 0) is 63.8 Å². The maximum atomic E-state index is 12.2. The van der Waals surface area contributed by atoms with Crippen LogP contribution < -0.4 is 11.1 Å². The highest BCUT2D eigenvalue weighted by molar-refractivity contribution is 5.87. The number of carbonyl (C=O) groups is 2. The van der Waals surface area contributed by atoms with Crippen molar-refractivity contribution in [1.82, 2.24) is 10.2 Å². The Balaban J connectivity index is 1.70. The van der Waals surface area contributed by atoms with Crippen molar-refractivity contribution >= 4 is 11.8 Å². The molecule has 5 heteroatoms. The fourth-order valence-corrected chi connectivity index (χ4v) is 3.51. The van der Waals surface area contributed by atoms with Crippen molar-refractivity contribution in [3.8, 4) is 0 Å². The topological polar surface area (TPSA) is 75.4 Å². The molecule has 1 saturated heterocycles. The van der Waals surface area contributed by atoms with Crippen LogP contribution in [0.4, 0.5) is 0 Å². The Kier molecular flexibility index (Phi) is 6.03. The van der Waals surface area contributed by atoms with Crippen LogP contribution in [0.1, 0.15) is 51.9 Å². The molecule has 0 radical (unpaired) electrons. The summed E-state index contributed by atoms with van der Waals surface area (Å²) < 4.78 is 0. The molecule has 1 atom stereocenters. The van der Waals surface area contributed by atoms with Gasteiger partial charge < -0.3 is 16.0 Å². The first-order chi connectivity index (χ1) is 10.1. The molecule has 2 amide bonds. The number of likely N-dealkylation sites (tertiary alicyclic amines) is 1. The van der Waals surface area contributed by atoms with E-state index in [2.05, 4.69) is 5.32 Å². The summed E-state index contributed by atoms with van der Waals surface area (Å²) >= 11 is 0. The number of hydrogen-bond acceptors (Lipinski definition) is 3. The first-order valence-corrected chi connectivity index (χ1v) is 8.38. The summed E-state index contributed by atoms with van der Waals surface area (Å²) in [5, 5.41) is 2.87. The van der Waals surface area contributed by atoms with E-state index in [1.165, 1.54) is 0 Å². The van der Waals surface area contributed by atoms with Gasteiger partial charge in [0.15, 0.2) is 0 Å². The molecule has 0 aromatic rings. The molecule has 21 heavy (non-hydrogen) atoms. The second-order valence-electron chi connectivity index (χ2n) is 6.65. The lowest BCUT2D eigenvalue weighted by Gasteiger charge is -2.28. The zero-order valence-electron chi connectivity index (χ0n) is 13.1. The minimum atomic E-state index is -0.393. The Morgan fingerprint density at radius 2 is 1.71 bits per heavy atom. The number of nitrogens with one attached hydrogen (secondary N) is 1. The summed E-state index contributed by atoms with van der Waals surface area (Å²) in [6.45, 7) is 4.23. The van der Waals surface area contributed by atoms with E-state index in [9.17, 15) is 9.59 Å². The molecule has 0 aromatic carbocycles. The summed E-state index contributed by atoms with van der Waals surface area (Å²) in [6, 6.07) is -0.393. The Hall–Kier alpha value is -1.10. The predicted octanol–water partition coefficient (Wildman–Crippen LogP) is 1.27. The minimum absolute atomic E-state index is 0.0197. The maximum absolute atomic E-state index is 12.2. The van der Waals surface area contributed by atoms with Crippen LogP contribution in [0.5, 0.6) is 0 Å². The van der Waals surface area contributed by atoms with Gasteiger partial charge in [0.1, 0.15) is 6.04 Å². The highest BCUT2D eigenvalue weighted by atomic mass is 16.2. The van der Waals surface area contributed by atoms with Crippen molar-refractivity contribution in [2.75, 3.05) is 19.6 Å². The van der Waals surface area contributed by atoms with Crippen molar-refractivity contribution in [2.24, 2.45) is 17.6 Å². The average Bonchev–Trinajstić information content (AvgIpc) is 3.01. The second kappa shape index (κ2) is 7.78. The van der Waals surface area contributed by atoms with Crippen molar-refractivity contribution in [1.29, 1.82) is 0 Å². The van der Waals surface area contributed by atoms with Gasteiger partial charge in [0, 0.05) is 19.5 Å². The normalized spacial score (nSPS) is 27.4. The van der Waals surface area contributed by atoms with E-state index < -0.39 is 6.04 Å². The van der Waals surface area contributed by atoms with Crippen LogP contribution in [-0.2, 0) is 9.59 Å². The zero-order valence-corrected chi connectivity index (χ0v) is 13.1. The quantitative estimate of drug-likeness (QED) is 0.802. The number of hydrogen-bond donors (Lipinski definition) is 2. The molecule has 5 nitrogen and oxygen atoms in total. The molecule has 2 rings (SSSR count). The molecular formula is C16H29N3O2. The van der Waals surface area contributed by atoms with E-state index in [4.69, 9.17) is 5.73 Å². The smallest absolute Gasteiger partial charge is 0.244 e. The van der Waals surface area contributed by atoms with E-state index in [0.29, 0.717) is 18.3 Å². The van der Waals surface area contributed by atoms with Crippen molar-refractivity contribution < 1.29 is 9.59 Å². The summed E-state index contributed by atoms with van der Waals surface area (Å²) in [4.78, 5) is 26.1. The lowest BCUT2D eigenvalue weighted by molar-refractivity contribution is -0.135. The van der Waals surface area contributed by atoms with Crippen LogP contribution in [0.2, 0.25) is 0 Å². The Morgan fingerprint density at radius 3 is 2.29 bits per heavy atom. The second-order valence-corrected chi connectivity index (χ2v) is 6.65. The third kappa shape index (κ3) is 4.70. The lowest BCUT2D eigenvalue weighted by Crippen LogP contribution is -2.46. The maximum Gasteiger partial charge on any atom is 0.244 e. The number of nitrogens with two attached hydrogens (primary N) is 1. The van der Waals surface area contributed by atoms with Crippen molar-refractivity contribution in [3.63, 3.8) is 0 Å². The largest absolute Gasteiger partial charge is 0.345 e. The molecule has 1 aliphatic heterocycles. The number of nitrogens with zero attached hydrogens (tertiary/aromatic N) is 1. The molecular weight excluding hydrogens is 266 g/mol. The van der Waals surface area contributed by atoms with Crippen LogP contribution in [-0.4, -0.2) is 42.4 Å². The van der Waals surface area contributed by atoms with Gasteiger partial charge in [0.25, 0.3) is 0 Å². The van der Waals surface area contributed by atoms with E-state index in [-0.39, 0.29) is 11.8 Å². The number of amides is 2. The molecule has 2 aliphatic rings. The Labute approximate surface area is 127 Å². The van der Waals surface area contributed by atoms with Crippen LogP contribution >= 0.6 is 0 Å². The number of carbonyl (C=O) groups excluding carboxylic acids is 2. The summed E-state index contributed by atoms with van der Waals surface area (Å²) in [5.74, 6) is 1.18. The third-order valence-corrected chi connectivity index (χ3v) is 4.94. The molecule has 0 bridgehead atoms. The highest BCUT2D eigenvalue weighted by Crippen LogP contribution is 2.30. The van der Waals surface area contributed by atoms with Gasteiger partial charge in [-0.2, -0.15) is 0 Å². The molecule has 120 valence electrons. The van der Waals surface area contributed by atoms with Gasteiger partial charge >= 0.3 is 0 Å². The fourth-order valence-electron chi connectivity index (χ4n) is 3.51. The first kappa shape index (κ1) is 16.3. The van der Waals surface area contributed by atoms with E-state index in [0.717, 1.165) is 58.2 Å². The molecule has 1 saturated carbocycles. The Bertz CT molecular complexity index is 359. The first-order valence-electron chi connectivity index (χ1n) is 8.38. The van der Waals surface area contributed by atoms with Gasteiger partial charge in [0.05, 0.1) is 0 Å². The van der Waals surface area contributed by atoms with E-state index >= 15 is 0 Å². The molecule has 1 unspecified atom stereocenters. The standard InChI is InChI=1S/C16H29N3O2/c1-12(16(21)19-8-2-3-9-19)18-15(20)10-13-4-6-14(11-17)7-5-13/h12-14H,2-11,17H2,1H3,(H,18,20). The average molecular weight is 295 g/mol. The molecule has 3 N–H and O–H groups in total. The van der Waals surface area contributed by atoms with Gasteiger partial charge in [0.2, 0.25) is 11.8 Å². The van der Waals surface area contributed by atoms with Gasteiger partial charge in [-0.25, -0.2) is 0 Å². The summed E-state index contributed by atoms with van der Waals surface area (Å²) in [5.41, 5.74) is 5.69. The number of rotatable bonds is 5. The Morgan fingerprint density at radius 1 is 1.14 bits per heavy atom. The van der Waals surface area contributed by atoms with Gasteiger partial charge in [-0.1, -0.05) is 0 Å². The molecule has 1 aliphatic carbocycles. The highest BCUT2D eigenvalue weighted by Gasteiger charge is 2.26.